The van der Waals surface area contributed by atoms with Gasteiger partial charge in [-0.15, -0.1) is 0 Å². The van der Waals surface area contributed by atoms with Gasteiger partial charge in [-0.25, -0.2) is 12.8 Å². The van der Waals surface area contributed by atoms with Crippen molar-refractivity contribution in [2.45, 2.75) is 37.0 Å². The van der Waals surface area contributed by atoms with Crippen LogP contribution in [0.5, 0.6) is 0 Å². The minimum Gasteiger partial charge on any atom is -0.355 e. The van der Waals surface area contributed by atoms with E-state index < -0.39 is 15.8 Å². The van der Waals surface area contributed by atoms with Crippen molar-refractivity contribution < 1.29 is 17.6 Å². The molecule has 29 heavy (non-hydrogen) atoms. The van der Waals surface area contributed by atoms with Crippen LogP contribution in [0.15, 0.2) is 59.5 Å². The summed E-state index contributed by atoms with van der Waals surface area (Å²) in [5, 5.41) is 3.04. The van der Waals surface area contributed by atoms with E-state index >= 15 is 0 Å². The van der Waals surface area contributed by atoms with Crippen molar-refractivity contribution in [2.75, 3.05) is 19.6 Å². The van der Waals surface area contributed by atoms with Crippen LogP contribution in [0.1, 0.15) is 37.7 Å². The van der Waals surface area contributed by atoms with Gasteiger partial charge in [0.15, 0.2) is 0 Å². The van der Waals surface area contributed by atoms with Gasteiger partial charge in [0.1, 0.15) is 5.82 Å². The van der Waals surface area contributed by atoms with Crippen molar-refractivity contribution in [1.82, 2.24) is 9.62 Å². The number of benzene rings is 2. The molecule has 1 atom stereocenters. The number of amides is 1. The molecule has 0 spiro atoms. The Morgan fingerprint density at radius 2 is 1.72 bits per heavy atom. The third-order valence-corrected chi connectivity index (χ3v) is 7.48. The largest absolute Gasteiger partial charge is 0.355 e. The molecular formula is C22H27FN2O3S. The first kappa shape index (κ1) is 21.5. The Morgan fingerprint density at radius 3 is 2.31 bits per heavy atom. The predicted molar refractivity (Wildman–Crippen MR) is 110 cm³/mol. The maximum Gasteiger partial charge on any atom is 0.243 e. The Balaban J connectivity index is 1.53. The van der Waals surface area contributed by atoms with E-state index in [0.29, 0.717) is 19.4 Å². The molecule has 1 saturated heterocycles. The van der Waals surface area contributed by atoms with Crippen molar-refractivity contribution in [3.8, 4) is 0 Å². The van der Waals surface area contributed by atoms with Crippen molar-refractivity contribution in [3.63, 3.8) is 0 Å². The van der Waals surface area contributed by atoms with Gasteiger partial charge < -0.3 is 5.32 Å². The zero-order valence-electron chi connectivity index (χ0n) is 16.6. The third-order valence-electron chi connectivity index (χ3n) is 5.56. The number of nitrogens with zero attached hydrogens (tertiary/aromatic N) is 1. The highest BCUT2D eigenvalue weighted by atomic mass is 32.2. The second-order valence-corrected chi connectivity index (χ2v) is 9.33. The van der Waals surface area contributed by atoms with E-state index in [9.17, 15) is 17.6 Å². The lowest BCUT2D eigenvalue weighted by Gasteiger charge is -2.31. The summed E-state index contributed by atoms with van der Waals surface area (Å²) in [4.78, 5) is 12.7. The average Bonchev–Trinajstić information content (AvgIpc) is 2.75. The minimum absolute atomic E-state index is 0.0155. The molecule has 1 heterocycles. The molecule has 7 heteroatoms. The summed E-state index contributed by atoms with van der Waals surface area (Å²) in [6.45, 7) is 3.25. The van der Waals surface area contributed by atoms with E-state index in [4.69, 9.17) is 0 Å². The van der Waals surface area contributed by atoms with Gasteiger partial charge in [-0.1, -0.05) is 37.3 Å². The fourth-order valence-electron chi connectivity index (χ4n) is 3.71. The predicted octanol–water partition coefficient (Wildman–Crippen LogP) is 3.54. The molecule has 0 bridgehead atoms. The van der Waals surface area contributed by atoms with E-state index in [2.05, 4.69) is 24.4 Å². The molecule has 1 unspecified atom stereocenters. The first-order valence-corrected chi connectivity index (χ1v) is 11.4. The highest BCUT2D eigenvalue weighted by Gasteiger charge is 2.32. The highest BCUT2D eigenvalue weighted by molar-refractivity contribution is 7.89. The van der Waals surface area contributed by atoms with Gasteiger partial charge in [-0.2, -0.15) is 4.31 Å². The SMILES string of the molecule is CCC(CNC(=O)C1CCN(S(=O)(=O)c2ccc(F)cc2)CC1)c1ccccc1. The summed E-state index contributed by atoms with van der Waals surface area (Å²) in [6, 6.07) is 14.9. The second-order valence-electron chi connectivity index (χ2n) is 7.39. The maximum atomic E-state index is 13.1. The standard InChI is InChI=1S/C22H27FN2O3S/c1-2-17(18-6-4-3-5-7-18)16-24-22(26)19-12-14-25(15-13-19)29(27,28)21-10-8-20(23)9-11-21/h3-11,17,19H,2,12-16H2,1H3,(H,24,26). The van der Waals surface area contributed by atoms with Crippen LogP contribution in [0.3, 0.4) is 0 Å². The quantitative estimate of drug-likeness (QED) is 0.748. The summed E-state index contributed by atoms with van der Waals surface area (Å²) in [5.74, 6) is -0.416. The molecule has 0 saturated carbocycles. The van der Waals surface area contributed by atoms with E-state index in [-0.39, 0.29) is 35.7 Å². The van der Waals surface area contributed by atoms with Crippen molar-refractivity contribution >= 4 is 15.9 Å². The van der Waals surface area contributed by atoms with Crippen LogP contribution < -0.4 is 5.32 Å². The van der Waals surface area contributed by atoms with Crippen LogP contribution >= 0.6 is 0 Å². The van der Waals surface area contributed by atoms with Crippen LogP contribution in [-0.2, 0) is 14.8 Å². The summed E-state index contributed by atoms with van der Waals surface area (Å²) in [7, 11) is -3.66. The van der Waals surface area contributed by atoms with Crippen LogP contribution in [0.4, 0.5) is 4.39 Å². The number of rotatable bonds is 7. The van der Waals surface area contributed by atoms with Gasteiger partial charge in [-0.3, -0.25) is 4.79 Å². The third kappa shape index (κ3) is 5.22. The summed E-state index contributed by atoms with van der Waals surface area (Å²) in [5.41, 5.74) is 1.20. The Morgan fingerprint density at radius 1 is 1.10 bits per heavy atom. The van der Waals surface area contributed by atoms with E-state index in [0.717, 1.165) is 18.6 Å². The van der Waals surface area contributed by atoms with E-state index in [1.807, 2.05) is 18.2 Å². The number of hydrogen-bond acceptors (Lipinski definition) is 3. The van der Waals surface area contributed by atoms with Crippen LogP contribution in [0.25, 0.3) is 0 Å². The van der Waals surface area contributed by atoms with Gasteiger partial charge in [0.05, 0.1) is 4.90 Å². The van der Waals surface area contributed by atoms with Gasteiger partial charge in [0.25, 0.3) is 0 Å². The molecule has 3 rings (SSSR count). The molecule has 1 fully saturated rings. The maximum absolute atomic E-state index is 13.1. The first-order chi connectivity index (χ1) is 13.9. The lowest BCUT2D eigenvalue weighted by atomic mass is 9.94. The highest BCUT2D eigenvalue weighted by Crippen LogP contribution is 2.25. The Bertz CT molecular complexity index is 909. The normalized spacial score (nSPS) is 17.0. The van der Waals surface area contributed by atoms with Crippen LogP contribution in [0.2, 0.25) is 0 Å². The number of carbonyl (C=O) groups is 1. The molecule has 1 amide bonds. The molecule has 0 radical (unpaired) electrons. The number of halogens is 1. The van der Waals surface area contributed by atoms with Crippen molar-refractivity contribution in [1.29, 1.82) is 0 Å². The van der Waals surface area contributed by atoms with Gasteiger partial charge in [-0.05, 0) is 49.1 Å². The first-order valence-electron chi connectivity index (χ1n) is 10.00. The number of hydrogen-bond donors (Lipinski definition) is 1. The molecule has 156 valence electrons. The Labute approximate surface area is 172 Å². The summed E-state index contributed by atoms with van der Waals surface area (Å²) in [6.07, 6.45) is 1.89. The van der Waals surface area contributed by atoms with E-state index in [1.54, 1.807) is 0 Å². The smallest absolute Gasteiger partial charge is 0.243 e. The average molecular weight is 419 g/mol. The second kappa shape index (κ2) is 9.50. The monoisotopic (exact) mass is 418 g/mol. The van der Waals surface area contributed by atoms with E-state index in [1.165, 1.54) is 22.0 Å². The van der Waals surface area contributed by atoms with Gasteiger partial charge >= 0.3 is 0 Å². The fraction of sp³-hybridized carbons (Fsp3) is 0.409. The Kier molecular flexibility index (Phi) is 7.03. The molecule has 1 aliphatic heterocycles. The number of sulfonamides is 1. The molecule has 2 aromatic rings. The molecule has 2 aromatic carbocycles. The molecule has 1 aliphatic rings. The molecule has 0 aliphatic carbocycles. The van der Waals surface area contributed by atoms with Crippen LogP contribution in [0, 0.1) is 11.7 Å². The molecule has 5 nitrogen and oxygen atoms in total. The molecule has 0 aromatic heterocycles. The summed E-state index contributed by atoms with van der Waals surface area (Å²) < 4.78 is 39.8. The number of piperidine rings is 1. The lowest BCUT2D eigenvalue weighted by Crippen LogP contribution is -2.43. The Hall–Kier alpha value is -2.25. The number of nitrogens with one attached hydrogen (secondary N) is 1. The molecular weight excluding hydrogens is 391 g/mol. The topological polar surface area (TPSA) is 66.5 Å². The lowest BCUT2D eigenvalue weighted by molar-refractivity contribution is -0.126. The van der Waals surface area contributed by atoms with Crippen molar-refractivity contribution in [3.05, 3.63) is 66.0 Å². The fourth-order valence-corrected chi connectivity index (χ4v) is 5.17. The number of carbonyl (C=O) groups excluding carboxylic acids is 1. The molecule has 1 N–H and O–H groups in total. The van der Waals surface area contributed by atoms with Crippen LogP contribution in [-0.4, -0.2) is 38.3 Å². The minimum atomic E-state index is -3.66. The van der Waals surface area contributed by atoms with Gasteiger partial charge in [0.2, 0.25) is 15.9 Å². The zero-order valence-corrected chi connectivity index (χ0v) is 17.4. The van der Waals surface area contributed by atoms with Crippen molar-refractivity contribution in [2.24, 2.45) is 5.92 Å². The van der Waals surface area contributed by atoms with Gasteiger partial charge in [0, 0.05) is 31.5 Å². The zero-order chi connectivity index (χ0) is 20.9. The summed E-state index contributed by atoms with van der Waals surface area (Å²) >= 11 is 0.